The number of fused-ring (bicyclic) bond motifs is 1. The van der Waals surface area contributed by atoms with Crippen LogP contribution in [0.5, 0.6) is 0 Å². The summed E-state index contributed by atoms with van der Waals surface area (Å²) in [6.07, 6.45) is 7.10. The molecule has 2 aromatic heterocycles. The summed E-state index contributed by atoms with van der Waals surface area (Å²) in [5.74, 6) is 1.42. The number of aromatic nitrogens is 3. The number of anilines is 1. The third-order valence-corrected chi connectivity index (χ3v) is 4.85. The highest BCUT2D eigenvalue weighted by molar-refractivity contribution is 5.82. The minimum absolute atomic E-state index is 0.0405. The molecular weight excluding hydrogens is 316 g/mol. The van der Waals surface area contributed by atoms with Crippen LogP contribution in [0.1, 0.15) is 31.2 Å². The molecule has 4 rings (SSSR count). The zero-order valence-corrected chi connectivity index (χ0v) is 14.0. The summed E-state index contributed by atoms with van der Waals surface area (Å²) in [6, 6.07) is 10.1. The number of benzene rings is 1. The first-order chi connectivity index (χ1) is 12.2. The molecular formula is C19H22N4O2. The van der Waals surface area contributed by atoms with E-state index in [0.717, 1.165) is 48.0 Å². The fraction of sp³-hybridized carbons (Fsp3) is 0.368. The molecule has 0 radical (unpaired) electrons. The second-order valence-corrected chi connectivity index (χ2v) is 6.63. The quantitative estimate of drug-likeness (QED) is 0.681. The Kier molecular flexibility index (Phi) is 4.38. The third kappa shape index (κ3) is 3.36. The molecule has 25 heavy (non-hydrogen) atoms. The molecule has 0 amide bonds. The van der Waals surface area contributed by atoms with Crippen LogP contribution in [0.25, 0.3) is 16.7 Å². The Morgan fingerprint density at radius 2 is 1.96 bits per heavy atom. The number of nitrogens with one attached hydrogen (secondary N) is 1. The maximum Gasteiger partial charge on any atom is 0.224 e. The van der Waals surface area contributed by atoms with Crippen molar-refractivity contribution in [3.05, 3.63) is 48.3 Å². The van der Waals surface area contributed by atoms with E-state index in [9.17, 15) is 10.2 Å². The molecule has 0 atom stereocenters. The Balaban J connectivity index is 1.59. The van der Waals surface area contributed by atoms with E-state index in [1.54, 1.807) is 6.20 Å². The number of hydrogen-bond donors (Lipinski definition) is 3. The van der Waals surface area contributed by atoms with Crippen molar-refractivity contribution in [2.24, 2.45) is 0 Å². The van der Waals surface area contributed by atoms with Gasteiger partial charge < -0.3 is 20.1 Å². The van der Waals surface area contributed by atoms with Crippen LogP contribution in [-0.4, -0.2) is 36.9 Å². The first kappa shape index (κ1) is 16.1. The molecule has 1 aliphatic rings. The molecule has 0 unspecified atom stereocenters. The van der Waals surface area contributed by atoms with Crippen LogP contribution in [0.4, 0.5) is 5.95 Å². The molecule has 1 aromatic carbocycles. The Morgan fingerprint density at radius 1 is 1.12 bits per heavy atom. The second-order valence-electron chi connectivity index (χ2n) is 6.63. The molecule has 0 spiro atoms. The lowest BCUT2D eigenvalue weighted by atomic mass is 9.93. The average Bonchev–Trinajstić information content (AvgIpc) is 3.07. The van der Waals surface area contributed by atoms with E-state index >= 15 is 0 Å². The summed E-state index contributed by atoms with van der Waals surface area (Å²) in [5.41, 5.74) is 1.94. The summed E-state index contributed by atoms with van der Waals surface area (Å²) in [5, 5.41) is 23.4. The van der Waals surface area contributed by atoms with Gasteiger partial charge in [-0.25, -0.2) is 4.98 Å². The Hall–Kier alpha value is -2.44. The van der Waals surface area contributed by atoms with E-state index in [1.807, 2.05) is 41.1 Å². The van der Waals surface area contributed by atoms with Crippen molar-refractivity contribution in [3.63, 3.8) is 0 Å². The Morgan fingerprint density at radius 3 is 2.76 bits per heavy atom. The molecule has 1 fully saturated rings. The predicted molar refractivity (Wildman–Crippen MR) is 96.7 cm³/mol. The predicted octanol–water partition coefficient (Wildman–Crippen LogP) is 2.63. The van der Waals surface area contributed by atoms with E-state index in [4.69, 9.17) is 0 Å². The number of nitrogens with zero attached hydrogens (tertiary/aromatic N) is 3. The first-order valence-corrected chi connectivity index (χ1v) is 8.72. The summed E-state index contributed by atoms with van der Waals surface area (Å²) < 4.78 is 2.02. The van der Waals surface area contributed by atoms with Gasteiger partial charge in [-0.1, -0.05) is 6.07 Å². The SMILES string of the molecule is OCc1ccc2c(ccn2-c2ccnc(NC3CCC(O)CC3)n2)c1. The standard InChI is InChI=1S/C19H22N4O2/c24-12-13-1-6-17-14(11-13)8-10-23(17)18-7-9-20-19(22-18)21-15-2-4-16(25)5-3-15/h1,6-11,15-16,24-25H,2-5,12H2,(H,20,21,22). The van der Waals surface area contributed by atoms with E-state index in [2.05, 4.69) is 15.3 Å². The summed E-state index contributed by atoms with van der Waals surface area (Å²) >= 11 is 0. The van der Waals surface area contributed by atoms with Gasteiger partial charge in [0, 0.05) is 23.8 Å². The van der Waals surface area contributed by atoms with Crippen LogP contribution in [0.3, 0.4) is 0 Å². The van der Waals surface area contributed by atoms with E-state index < -0.39 is 0 Å². The largest absolute Gasteiger partial charge is 0.393 e. The molecule has 0 aliphatic heterocycles. The van der Waals surface area contributed by atoms with Gasteiger partial charge in [0.15, 0.2) is 0 Å². The van der Waals surface area contributed by atoms with Gasteiger partial charge >= 0.3 is 0 Å². The summed E-state index contributed by atoms with van der Waals surface area (Å²) in [6.45, 7) is 0.0405. The molecule has 130 valence electrons. The van der Waals surface area contributed by atoms with Gasteiger partial charge in [-0.2, -0.15) is 4.98 Å². The maximum atomic E-state index is 9.62. The smallest absolute Gasteiger partial charge is 0.224 e. The van der Waals surface area contributed by atoms with Crippen LogP contribution in [0, 0.1) is 0 Å². The lowest BCUT2D eigenvalue weighted by Crippen LogP contribution is -2.29. The van der Waals surface area contributed by atoms with Crippen molar-refractivity contribution >= 4 is 16.9 Å². The van der Waals surface area contributed by atoms with Crippen molar-refractivity contribution < 1.29 is 10.2 Å². The number of aliphatic hydroxyl groups is 2. The van der Waals surface area contributed by atoms with Gasteiger partial charge in [0.1, 0.15) is 5.82 Å². The van der Waals surface area contributed by atoms with Gasteiger partial charge in [0.25, 0.3) is 0 Å². The fourth-order valence-corrected chi connectivity index (χ4v) is 3.45. The van der Waals surface area contributed by atoms with Crippen molar-refractivity contribution in [1.82, 2.24) is 14.5 Å². The van der Waals surface area contributed by atoms with Crippen molar-refractivity contribution in [2.45, 2.75) is 44.4 Å². The van der Waals surface area contributed by atoms with E-state index in [1.165, 1.54) is 0 Å². The molecule has 3 N–H and O–H groups in total. The highest BCUT2D eigenvalue weighted by atomic mass is 16.3. The molecule has 0 bridgehead atoms. The van der Waals surface area contributed by atoms with Crippen LogP contribution in [0.2, 0.25) is 0 Å². The molecule has 6 nitrogen and oxygen atoms in total. The van der Waals surface area contributed by atoms with Crippen LogP contribution >= 0.6 is 0 Å². The summed E-state index contributed by atoms with van der Waals surface area (Å²) in [4.78, 5) is 8.99. The molecule has 6 heteroatoms. The van der Waals surface area contributed by atoms with Crippen LogP contribution in [0.15, 0.2) is 42.7 Å². The average molecular weight is 338 g/mol. The lowest BCUT2D eigenvalue weighted by molar-refractivity contribution is 0.126. The van der Waals surface area contributed by atoms with E-state index in [0.29, 0.717) is 12.0 Å². The van der Waals surface area contributed by atoms with Gasteiger partial charge in [-0.3, -0.25) is 0 Å². The zero-order valence-electron chi connectivity index (χ0n) is 14.0. The molecule has 1 saturated carbocycles. The Bertz CT molecular complexity index is 869. The van der Waals surface area contributed by atoms with Gasteiger partial charge in [-0.15, -0.1) is 0 Å². The molecule has 1 aliphatic carbocycles. The third-order valence-electron chi connectivity index (χ3n) is 4.85. The van der Waals surface area contributed by atoms with Gasteiger partial charge in [-0.05, 0) is 55.5 Å². The number of hydrogen-bond acceptors (Lipinski definition) is 5. The fourth-order valence-electron chi connectivity index (χ4n) is 3.45. The minimum atomic E-state index is -0.166. The molecule has 2 heterocycles. The number of rotatable bonds is 4. The molecule has 3 aromatic rings. The topological polar surface area (TPSA) is 83.2 Å². The first-order valence-electron chi connectivity index (χ1n) is 8.72. The van der Waals surface area contributed by atoms with Crippen LogP contribution < -0.4 is 5.32 Å². The zero-order chi connectivity index (χ0) is 17.2. The second kappa shape index (κ2) is 6.82. The maximum absolute atomic E-state index is 9.62. The highest BCUT2D eigenvalue weighted by Gasteiger charge is 2.20. The summed E-state index contributed by atoms with van der Waals surface area (Å²) in [7, 11) is 0. The highest BCUT2D eigenvalue weighted by Crippen LogP contribution is 2.23. The lowest BCUT2D eigenvalue weighted by Gasteiger charge is -2.26. The van der Waals surface area contributed by atoms with Crippen LogP contribution in [-0.2, 0) is 6.61 Å². The van der Waals surface area contributed by atoms with Crippen molar-refractivity contribution in [1.29, 1.82) is 0 Å². The van der Waals surface area contributed by atoms with Crippen molar-refractivity contribution in [2.75, 3.05) is 5.32 Å². The number of aliphatic hydroxyl groups excluding tert-OH is 2. The van der Waals surface area contributed by atoms with Gasteiger partial charge in [0.2, 0.25) is 5.95 Å². The molecule has 0 saturated heterocycles. The van der Waals surface area contributed by atoms with E-state index in [-0.39, 0.29) is 12.7 Å². The minimum Gasteiger partial charge on any atom is -0.393 e. The Labute approximate surface area is 146 Å². The van der Waals surface area contributed by atoms with Crippen molar-refractivity contribution in [3.8, 4) is 5.82 Å². The van der Waals surface area contributed by atoms with Gasteiger partial charge in [0.05, 0.1) is 18.2 Å². The normalized spacial score (nSPS) is 20.7. The monoisotopic (exact) mass is 338 g/mol.